The number of carbonyl (C=O) groups excluding carboxylic acids is 1. The van der Waals surface area contributed by atoms with Gasteiger partial charge in [0.1, 0.15) is 18.2 Å². The summed E-state index contributed by atoms with van der Waals surface area (Å²) < 4.78 is 15.0. The van der Waals surface area contributed by atoms with Crippen LogP contribution in [0.4, 0.5) is 10.1 Å². The molecule has 1 amide bonds. The van der Waals surface area contributed by atoms with Crippen LogP contribution < -0.4 is 10.9 Å². The molecule has 144 valence electrons. The summed E-state index contributed by atoms with van der Waals surface area (Å²) in [5.74, 6) is -0.514. The first kappa shape index (κ1) is 19.8. The van der Waals surface area contributed by atoms with E-state index in [1.54, 1.807) is 30.0 Å². The fourth-order valence-corrected chi connectivity index (χ4v) is 3.24. The first-order valence-electron chi connectivity index (χ1n) is 8.80. The van der Waals surface area contributed by atoms with E-state index in [4.69, 9.17) is 0 Å². The van der Waals surface area contributed by atoms with Crippen molar-refractivity contribution in [3.63, 3.8) is 0 Å². The Morgan fingerprint density at radius 2 is 1.96 bits per heavy atom. The van der Waals surface area contributed by atoms with Gasteiger partial charge in [-0.2, -0.15) is 0 Å². The third kappa shape index (κ3) is 4.67. The molecule has 28 heavy (non-hydrogen) atoms. The summed E-state index contributed by atoms with van der Waals surface area (Å²) in [7, 11) is 0. The molecule has 0 bridgehead atoms. The van der Waals surface area contributed by atoms with Crippen LogP contribution in [0.5, 0.6) is 0 Å². The smallest absolute Gasteiger partial charge is 0.254 e. The normalized spacial score (nSPS) is 10.7. The highest BCUT2D eigenvalue weighted by Gasteiger charge is 2.14. The highest BCUT2D eigenvalue weighted by molar-refractivity contribution is 7.98. The number of aromatic nitrogens is 2. The van der Waals surface area contributed by atoms with Crippen molar-refractivity contribution in [1.29, 1.82) is 0 Å². The van der Waals surface area contributed by atoms with Gasteiger partial charge in [0.05, 0.1) is 0 Å². The fourth-order valence-electron chi connectivity index (χ4n) is 2.78. The molecule has 0 fully saturated rings. The van der Waals surface area contributed by atoms with Crippen LogP contribution in [0.3, 0.4) is 0 Å². The fraction of sp³-hybridized carbons (Fsp3) is 0.190. The van der Waals surface area contributed by atoms with E-state index >= 15 is 0 Å². The lowest BCUT2D eigenvalue weighted by Crippen LogP contribution is -2.30. The monoisotopic (exact) mass is 397 g/mol. The molecule has 1 aromatic heterocycles. The van der Waals surface area contributed by atoms with E-state index in [-0.39, 0.29) is 23.8 Å². The van der Waals surface area contributed by atoms with Crippen LogP contribution in [0.2, 0.25) is 0 Å². The number of nitrogens with zero attached hydrogens (tertiary/aromatic N) is 2. The molecule has 3 rings (SSSR count). The number of hydrogen-bond acceptors (Lipinski definition) is 4. The molecular formula is C21H20FN3O2S. The van der Waals surface area contributed by atoms with Crippen LogP contribution in [0.25, 0.3) is 11.4 Å². The molecule has 3 aromatic rings. The maximum Gasteiger partial charge on any atom is 0.254 e. The quantitative estimate of drug-likeness (QED) is 0.639. The van der Waals surface area contributed by atoms with Gasteiger partial charge in [-0.15, -0.1) is 11.8 Å². The zero-order chi connectivity index (χ0) is 20.1. The van der Waals surface area contributed by atoms with Gasteiger partial charge < -0.3 is 5.32 Å². The molecular weight excluding hydrogens is 377 g/mol. The number of halogens is 1. The lowest BCUT2D eigenvalue weighted by Gasteiger charge is -2.14. The topological polar surface area (TPSA) is 64.0 Å². The number of nitrogens with one attached hydrogen (secondary N) is 1. The van der Waals surface area contributed by atoms with E-state index in [0.717, 1.165) is 4.90 Å². The molecule has 0 saturated carbocycles. The predicted octanol–water partition coefficient (Wildman–Crippen LogP) is 3.97. The van der Waals surface area contributed by atoms with Gasteiger partial charge in [-0.05, 0) is 43.0 Å². The highest BCUT2D eigenvalue weighted by Crippen LogP contribution is 2.20. The van der Waals surface area contributed by atoms with E-state index in [9.17, 15) is 14.0 Å². The van der Waals surface area contributed by atoms with Crippen LogP contribution in [0, 0.1) is 5.82 Å². The molecule has 0 radical (unpaired) electrons. The van der Waals surface area contributed by atoms with Gasteiger partial charge >= 0.3 is 0 Å². The summed E-state index contributed by atoms with van der Waals surface area (Å²) >= 11 is 1.57. The zero-order valence-electron chi connectivity index (χ0n) is 15.6. The van der Waals surface area contributed by atoms with E-state index in [1.807, 2.05) is 31.4 Å². The lowest BCUT2D eigenvalue weighted by molar-refractivity contribution is -0.116. The Labute approximate surface area is 166 Å². The molecule has 0 saturated heterocycles. The Bertz CT molecular complexity index is 1070. The molecule has 0 aliphatic carbocycles. The zero-order valence-corrected chi connectivity index (χ0v) is 16.4. The van der Waals surface area contributed by atoms with Crippen molar-refractivity contribution in [3.8, 4) is 11.4 Å². The molecule has 5 nitrogen and oxygen atoms in total. The molecule has 1 N–H and O–H groups in total. The summed E-state index contributed by atoms with van der Waals surface area (Å²) in [5, 5.41) is 2.80. The summed E-state index contributed by atoms with van der Waals surface area (Å²) in [6.07, 6.45) is 2.51. The van der Waals surface area contributed by atoms with Crippen molar-refractivity contribution >= 4 is 23.4 Å². The van der Waals surface area contributed by atoms with Crippen molar-refractivity contribution in [1.82, 2.24) is 9.55 Å². The average molecular weight is 397 g/mol. The maximum absolute atomic E-state index is 13.7. The molecule has 1 heterocycles. The number of hydrogen-bond donors (Lipinski definition) is 1. The summed E-state index contributed by atoms with van der Waals surface area (Å²) in [6.45, 7) is 1.66. The van der Waals surface area contributed by atoms with Gasteiger partial charge in [-0.1, -0.05) is 25.1 Å². The molecule has 2 aromatic carbocycles. The minimum Gasteiger partial charge on any atom is -0.324 e. The number of carbonyl (C=O) groups is 1. The van der Waals surface area contributed by atoms with Crippen LogP contribution in [0.15, 0.2) is 64.3 Å². The van der Waals surface area contributed by atoms with Crippen molar-refractivity contribution in [2.45, 2.75) is 24.8 Å². The van der Waals surface area contributed by atoms with Gasteiger partial charge in [-0.3, -0.25) is 14.2 Å². The third-order valence-corrected chi connectivity index (χ3v) is 4.89. The maximum atomic E-state index is 13.7. The van der Waals surface area contributed by atoms with Crippen molar-refractivity contribution in [3.05, 3.63) is 76.5 Å². The highest BCUT2D eigenvalue weighted by atomic mass is 32.2. The van der Waals surface area contributed by atoms with E-state index in [2.05, 4.69) is 10.3 Å². The number of amides is 1. The van der Waals surface area contributed by atoms with Gasteiger partial charge in [0.15, 0.2) is 0 Å². The Balaban J connectivity index is 1.94. The standard InChI is InChI=1S/C21H20FN3O2S/c1-3-16-12-20(27)25(21(24-16)14-6-4-7-15(22)10-14)13-19(26)23-17-8-5-9-18(11-17)28-2/h4-12H,3,13H2,1-2H3,(H,23,26). The molecule has 7 heteroatoms. The van der Waals surface area contributed by atoms with Crippen molar-refractivity contribution in [2.75, 3.05) is 11.6 Å². The van der Waals surface area contributed by atoms with Gasteiger partial charge in [-0.25, -0.2) is 9.37 Å². The number of anilines is 1. The van der Waals surface area contributed by atoms with Gasteiger partial charge in [0, 0.05) is 27.9 Å². The second-order valence-corrected chi connectivity index (χ2v) is 7.02. The summed E-state index contributed by atoms with van der Waals surface area (Å²) in [5.41, 5.74) is 1.34. The van der Waals surface area contributed by atoms with Gasteiger partial charge in [0.25, 0.3) is 5.56 Å². The Hall–Kier alpha value is -2.93. The van der Waals surface area contributed by atoms with Crippen molar-refractivity contribution < 1.29 is 9.18 Å². The summed E-state index contributed by atoms with van der Waals surface area (Å²) in [6, 6.07) is 14.7. The number of thioether (sulfide) groups is 1. The van der Waals surface area contributed by atoms with Crippen LogP contribution >= 0.6 is 11.8 Å². The minimum absolute atomic E-state index is 0.217. The van der Waals surface area contributed by atoms with Crippen LogP contribution in [-0.2, 0) is 17.8 Å². The largest absolute Gasteiger partial charge is 0.324 e. The first-order chi connectivity index (χ1) is 13.5. The molecule has 0 spiro atoms. The second kappa shape index (κ2) is 8.84. The lowest BCUT2D eigenvalue weighted by atomic mass is 10.2. The van der Waals surface area contributed by atoms with Crippen molar-refractivity contribution in [2.24, 2.45) is 0 Å². The molecule has 0 aliphatic rings. The van der Waals surface area contributed by atoms with E-state index in [0.29, 0.717) is 23.4 Å². The number of aryl methyl sites for hydroxylation is 1. The first-order valence-corrected chi connectivity index (χ1v) is 10.0. The Kier molecular flexibility index (Phi) is 6.26. The van der Waals surface area contributed by atoms with E-state index in [1.165, 1.54) is 22.8 Å². The predicted molar refractivity (Wildman–Crippen MR) is 110 cm³/mol. The SMILES string of the molecule is CCc1cc(=O)n(CC(=O)Nc2cccc(SC)c2)c(-c2cccc(F)c2)n1. The number of benzene rings is 2. The van der Waals surface area contributed by atoms with E-state index < -0.39 is 5.82 Å². The summed E-state index contributed by atoms with van der Waals surface area (Å²) in [4.78, 5) is 30.7. The average Bonchev–Trinajstić information content (AvgIpc) is 2.69. The molecule has 0 unspecified atom stereocenters. The van der Waals surface area contributed by atoms with Crippen LogP contribution in [-0.4, -0.2) is 21.7 Å². The number of rotatable bonds is 6. The Morgan fingerprint density at radius 1 is 1.18 bits per heavy atom. The minimum atomic E-state index is -0.432. The molecule has 0 aliphatic heterocycles. The third-order valence-electron chi connectivity index (χ3n) is 4.16. The second-order valence-electron chi connectivity index (χ2n) is 6.14. The van der Waals surface area contributed by atoms with Gasteiger partial charge in [0.2, 0.25) is 5.91 Å². The Morgan fingerprint density at radius 3 is 2.68 bits per heavy atom. The van der Waals surface area contributed by atoms with Crippen LogP contribution in [0.1, 0.15) is 12.6 Å². The molecule has 0 atom stereocenters.